The lowest BCUT2D eigenvalue weighted by atomic mass is 10.2. The van der Waals surface area contributed by atoms with E-state index in [1.807, 2.05) is 6.92 Å². The molecule has 0 N–H and O–H groups in total. The average molecular weight is 305 g/mol. The molecule has 108 valence electrons. The molecular weight excluding hydrogens is 292 g/mol. The smallest absolute Gasteiger partial charge is 0.262 e. The number of benzene rings is 1. The Kier molecular flexibility index (Phi) is 3.70. The van der Waals surface area contributed by atoms with Crippen molar-refractivity contribution in [1.29, 1.82) is 0 Å². The van der Waals surface area contributed by atoms with Crippen LogP contribution in [0.4, 0.5) is 0 Å². The molecule has 3 aromatic rings. The quantitative estimate of drug-likeness (QED) is 0.739. The van der Waals surface area contributed by atoms with Crippen LogP contribution in [0.25, 0.3) is 10.9 Å². The predicted octanol–water partition coefficient (Wildman–Crippen LogP) is 2.24. The third-order valence-corrected chi connectivity index (χ3v) is 3.51. The SMILES string of the molecule is CCc1nc(CCn2cnc3cccc(Cl)c3c2=O)no1. The van der Waals surface area contributed by atoms with Crippen molar-refractivity contribution in [2.24, 2.45) is 0 Å². The average Bonchev–Trinajstić information content (AvgIpc) is 2.95. The molecule has 2 aromatic heterocycles. The van der Waals surface area contributed by atoms with Gasteiger partial charge in [-0.3, -0.25) is 9.36 Å². The molecule has 3 rings (SSSR count). The fourth-order valence-corrected chi connectivity index (χ4v) is 2.33. The molecule has 6 nitrogen and oxygen atoms in total. The topological polar surface area (TPSA) is 73.8 Å². The number of aromatic nitrogens is 4. The van der Waals surface area contributed by atoms with Crippen LogP contribution in [0.2, 0.25) is 5.02 Å². The molecule has 0 aliphatic carbocycles. The molecule has 0 atom stereocenters. The summed E-state index contributed by atoms with van der Waals surface area (Å²) in [5, 5.41) is 4.71. The lowest BCUT2D eigenvalue weighted by Gasteiger charge is -2.05. The fourth-order valence-electron chi connectivity index (χ4n) is 2.08. The minimum absolute atomic E-state index is 0.162. The van der Waals surface area contributed by atoms with Crippen molar-refractivity contribution in [3.63, 3.8) is 0 Å². The molecule has 1 aromatic carbocycles. The summed E-state index contributed by atoms with van der Waals surface area (Å²) in [5.74, 6) is 1.18. The highest BCUT2D eigenvalue weighted by molar-refractivity contribution is 6.35. The van der Waals surface area contributed by atoms with E-state index in [1.54, 1.807) is 18.2 Å². The Balaban J connectivity index is 1.89. The first-order chi connectivity index (χ1) is 10.2. The van der Waals surface area contributed by atoms with Crippen LogP contribution in [0, 0.1) is 0 Å². The first-order valence-electron chi connectivity index (χ1n) is 6.64. The van der Waals surface area contributed by atoms with Crippen LogP contribution < -0.4 is 5.56 Å². The first-order valence-corrected chi connectivity index (χ1v) is 7.02. The van der Waals surface area contributed by atoms with Crippen LogP contribution in [-0.2, 0) is 19.4 Å². The highest BCUT2D eigenvalue weighted by Crippen LogP contribution is 2.17. The number of rotatable bonds is 4. The van der Waals surface area contributed by atoms with Gasteiger partial charge in [-0.2, -0.15) is 4.98 Å². The molecule has 0 amide bonds. The standard InChI is InChI=1S/C14H13ClN4O2/c1-2-12-17-11(18-21-12)6-7-19-8-16-10-5-3-4-9(15)13(10)14(19)20/h3-5,8H,2,6-7H2,1H3. The van der Waals surface area contributed by atoms with Crippen molar-refractivity contribution in [3.8, 4) is 0 Å². The van der Waals surface area contributed by atoms with E-state index in [0.29, 0.717) is 47.0 Å². The largest absolute Gasteiger partial charge is 0.339 e. The lowest BCUT2D eigenvalue weighted by Crippen LogP contribution is -2.22. The Bertz CT molecular complexity index is 840. The minimum Gasteiger partial charge on any atom is -0.339 e. The summed E-state index contributed by atoms with van der Waals surface area (Å²) in [4.78, 5) is 20.9. The van der Waals surface area contributed by atoms with E-state index in [2.05, 4.69) is 15.1 Å². The van der Waals surface area contributed by atoms with Gasteiger partial charge in [0.2, 0.25) is 5.89 Å². The summed E-state index contributed by atoms with van der Waals surface area (Å²) in [6.07, 6.45) is 2.71. The van der Waals surface area contributed by atoms with Gasteiger partial charge in [-0.25, -0.2) is 4.98 Å². The van der Waals surface area contributed by atoms with Crippen molar-refractivity contribution in [2.45, 2.75) is 26.3 Å². The van der Waals surface area contributed by atoms with Crippen LogP contribution in [-0.4, -0.2) is 19.7 Å². The third-order valence-electron chi connectivity index (χ3n) is 3.19. The molecule has 0 radical (unpaired) electrons. The lowest BCUT2D eigenvalue weighted by molar-refractivity contribution is 0.375. The van der Waals surface area contributed by atoms with Crippen molar-refractivity contribution in [3.05, 3.63) is 51.6 Å². The molecule has 0 fully saturated rings. The van der Waals surface area contributed by atoms with Gasteiger partial charge in [-0.1, -0.05) is 29.7 Å². The van der Waals surface area contributed by atoms with Gasteiger partial charge in [-0.05, 0) is 12.1 Å². The van der Waals surface area contributed by atoms with Gasteiger partial charge in [0.05, 0.1) is 22.3 Å². The maximum Gasteiger partial charge on any atom is 0.262 e. The monoisotopic (exact) mass is 304 g/mol. The molecule has 0 saturated carbocycles. The van der Waals surface area contributed by atoms with E-state index in [1.165, 1.54) is 10.9 Å². The van der Waals surface area contributed by atoms with Crippen molar-refractivity contribution in [2.75, 3.05) is 0 Å². The minimum atomic E-state index is -0.162. The molecule has 0 aliphatic rings. The van der Waals surface area contributed by atoms with E-state index in [-0.39, 0.29) is 5.56 Å². The number of nitrogens with zero attached hydrogens (tertiary/aromatic N) is 4. The maximum absolute atomic E-state index is 12.4. The van der Waals surface area contributed by atoms with Crippen molar-refractivity contribution >= 4 is 22.5 Å². The number of halogens is 1. The van der Waals surface area contributed by atoms with E-state index in [9.17, 15) is 4.79 Å². The maximum atomic E-state index is 12.4. The van der Waals surface area contributed by atoms with Crippen molar-refractivity contribution in [1.82, 2.24) is 19.7 Å². The zero-order valence-electron chi connectivity index (χ0n) is 11.4. The molecule has 7 heteroatoms. The number of aryl methyl sites for hydroxylation is 3. The number of hydrogen-bond acceptors (Lipinski definition) is 5. The van der Waals surface area contributed by atoms with E-state index >= 15 is 0 Å². The second-order valence-electron chi connectivity index (χ2n) is 4.58. The summed E-state index contributed by atoms with van der Waals surface area (Å²) in [5.41, 5.74) is 0.432. The number of hydrogen-bond donors (Lipinski definition) is 0. The Morgan fingerprint density at radius 3 is 3.00 bits per heavy atom. The van der Waals surface area contributed by atoms with E-state index in [4.69, 9.17) is 16.1 Å². The van der Waals surface area contributed by atoms with Gasteiger partial charge >= 0.3 is 0 Å². The van der Waals surface area contributed by atoms with E-state index < -0.39 is 0 Å². The zero-order chi connectivity index (χ0) is 14.8. The van der Waals surface area contributed by atoms with Gasteiger partial charge in [0.1, 0.15) is 0 Å². The Labute approximate surface area is 125 Å². The van der Waals surface area contributed by atoms with Crippen LogP contribution in [0.5, 0.6) is 0 Å². The van der Waals surface area contributed by atoms with Crippen LogP contribution >= 0.6 is 11.6 Å². The van der Waals surface area contributed by atoms with Gasteiger partial charge in [0, 0.05) is 19.4 Å². The molecule has 0 spiro atoms. The molecule has 0 bridgehead atoms. The molecule has 0 aliphatic heterocycles. The number of fused-ring (bicyclic) bond motifs is 1. The van der Waals surface area contributed by atoms with Gasteiger partial charge in [-0.15, -0.1) is 0 Å². The molecule has 0 unspecified atom stereocenters. The second kappa shape index (κ2) is 5.65. The molecule has 21 heavy (non-hydrogen) atoms. The second-order valence-corrected chi connectivity index (χ2v) is 4.99. The summed E-state index contributed by atoms with van der Waals surface area (Å²) in [7, 11) is 0. The Morgan fingerprint density at radius 1 is 1.38 bits per heavy atom. The Morgan fingerprint density at radius 2 is 2.24 bits per heavy atom. The van der Waals surface area contributed by atoms with Crippen LogP contribution in [0.3, 0.4) is 0 Å². The summed E-state index contributed by atoms with van der Waals surface area (Å²) < 4.78 is 6.55. The predicted molar refractivity (Wildman–Crippen MR) is 78.4 cm³/mol. The van der Waals surface area contributed by atoms with Gasteiger partial charge in [0.15, 0.2) is 5.82 Å². The Hall–Kier alpha value is -2.21. The van der Waals surface area contributed by atoms with Gasteiger partial charge < -0.3 is 4.52 Å². The zero-order valence-corrected chi connectivity index (χ0v) is 12.2. The molecule has 0 saturated heterocycles. The third kappa shape index (κ3) is 2.67. The highest BCUT2D eigenvalue weighted by Gasteiger charge is 2.09. The van der Waals surface area contributed by atoms with Crippen LogP contribution in [0.1, 0.15) is 18.6 Å². The van der Waals surface area contributed by atoms with Crippen LogP contribution in [0.15, 0.2) is 33.8 Å². The molecular formula is C14H13ClN4O2. The van der Waals surface area contributed by atoms with E-state index in [0.717, 1.165) is 0 Å². The normalized spacial score (nSPS) is 11.1. The van der Waals surface area contributed by atoms with Gasteiger partial charge in [0.25, 0.3) is 5.56 Å². The summed E-state index contributed by atoms with van der Waals surface area (Å²) in [6, 6.07) is 5.22. The first kappa shape index (κ1) is 13.8. The highest BCUT2D eigenvalue weighted by atomic mass is 35.5. The van der Waals surface area contributed by atoms with Crippen molar-refractivity contribution < 1.29 is 4.52 Å². The fraction of sp³-hybridized carbons (Fsp3) is 0.286. The molecule has 2 heterocycles. The summed E-state index contributed by atoms with van der Waals surface area (Å²) >= 11 is 6.08. The summed E-state index contributed by atoms with van der Waals surface area (Å²) in [6.45, 7) is 2.37.